The highest BCUT2D eigenvalue weighted by Gasteiger charge is 2.32. The standard InChI is InChI=1S/C13H18N2O2/c1-3-7-15-10-6-5-9(14)8-12(10)17-11(4-2)13(15)16/h5-6,8,11H,3-4,7,14H2,1-2H3. The fraction of sp³-hybridized carbons (Fsp3) is 0.462. The van der Waals surface area contributed by atoms with Gasteiger partial charge in [-0.15, -0.1) is 0 Å². The van der Waals surface area contributed by atoms with Gasteiger partial charge in [0.25, 0.3) is 5.91 Å². The number of nitrogens with zero attached hydrogens (tertiary/aromatic N) is 1. The van der Waals surface area contributed by atoms with Gasteiger partial charge in [-0.3, -0.25) is 4.79 Å². The zero-order valence-electron chi connectivity index (χ0n) is 10.3. The van der Waals surface area contributed by atoms with Gasteiger partial charge in [0, 0.05) is 18.3 Å². The van der Waals surface area contributed by atoms with E-state index in [1.165, 1.54) is 0 Å². The predicted octanol–water partition coefficient (Wildman–Crippen LogP) is 2.18. The molecule has 1 heterocycles. The van der Waals surface area contributed by atoms with Crippen LogP contribution in [0.2, 0.25) is 0 Å². The van der Waals surface area contributed by atoms with Crippen molar-refractivity contribution in [3.8, 4) is 5.75 Å². The highest BCUT2D eigenvalue weighted by atomic mass is 16.5. The van der Waals surface area contributed by atoms with Crippen LogP contribution in [0.5, 0.6) is 5.75 Å². The van der Waals surface area contributed by atoms with Gasteiger partial charge in [0.05, 0.1) is 5.69 Å². The molecule has 0 saturated carbocycles. The number of ether oxygens (including phenoxy) is 1. The fourth-order valence-electron chi connectivity index (χ4n) is 2.06. The molecule has 0 bridgehead atoms. The van der Waals surface area contributed by atoms with Crippen molar-refractivity contribution in [1.82, 2.24) is 0 Å². The van der Waals surface area contributed by atoms with Gasteiger partial charge in [-0.05, 0) is 25.0 Å². The van der Waals surface area contributed by atoms with Crippen molar-refractivity contribution in [3.05, 3.63) is 18.2 Å². The fourth-order valence-corrected chi connectivity index (χ4v) is 2.06. The maximum absolute atomic E-state index is 12.2. The third kappa shape index (κ3) is 2.07. The summed E-state index contributed by atoms with van der Waals surface area (Å²) in [5.41, 5.74) is 7.23. The number of carbonyl (C=O) groups is 1. The van der Waals surface area contributed by atoms with Crippen LogP contribution in [0.1, 0.15) is 26.7 Å². The minimum absolute atomic E-state index is 0.0478. The van der Waals surface area contributed by atoms with Crippen molar-refractivity contribution in [2.24, 2.45) is 0 Å². The second kappa shape index (κ2) is 4.65. The normalized spacial score (nSPS) is 18.8. The number of rotatable bonds is 3. The van der Waals surface area contributed by atoms with Crippen molar-refractivity contribution in [3.63, 3.8) is 0 Å². The molecule has 1 atom stereocenters. The quantitative estimate of drug-likeness (QED) is 0.815. The molecule has 1 amide bonds. The summed E-state index contributed by atoms with van der Waals surface area (Å²) in [6.07, 6.45) is 1.22. The molecule has 0 fully saturated rings. The van der Waals surface area contributed by atoms with Crippen LogP contribution in [0, 0.1) is 0 Å². The summed E-state index contributed by atoms with van der Waals surface area (Å²) in [6.45, 7) is 4.72. The molecule has 1 unspecified atom stereocenters. The van der Waals surface area contributed by atoms with E-state index in [-0.39, 0.29) is 12.0 Å². The number of hydrogen-bond donors (Lipinski definition) is 1. The maximum atomic E-state index is 12.2. The number of fused-ring (bicyclic) bond motifs is 1. The summed E-state index contributed by atoms with van der Waals surface area (Å²) < 4.78 is 5.68. The molecule has 4 nitrogen and oxygen atoms in total. The summed E-state index contributed by atoms with van der Waals surface area (Å²) in [7, 11) is 0. The molecule has 0 aliphatic carbocycles. The Morgan fingerprint density at radius 1 is 1.41 bits per heavy atom. The monoisotopic (exact) mass is 234 g/mol. The summed E-state index contributed by atoms with van der Waals surface area (Å²) in [6, 6.07) is 5.43. The average molecular weight is 234 g/mol. The molecule has 0 aromatic heterocycles. The molecule has 17 heavy (non-hydrogen) atoms. The average Bonchev–Trinajstić information content (AvgIpc) is 2.32. The zero-order chi connectivity index (χ0) is 12.4. The first-order valence-corrected chi connectivity index (χ1v) is 6.05. The van der Waals surface area contributed by atoms with Crippen molar-refractivity contribution in [2.75, 3.05) is 17.2 Å². The first-order chi connectivity index (χ1) is 8.17. The van der Waals surface area contributed by atoms with Crippen molar-refractivity contribution in [1.29, 1.82) is 0 Å². The predicted molar refractivity (Wildman–Crippen MR) is 68.2 cm³/mol. The lowest BCUT2D eigenvalue weighted by molar-refractivity contribution is -0.126. The van der Waals surface area contributed by atoms with E-state index in [1.807, 2.05) is 13.0 Å². The maximum Gasteiger partial charge on any atom is 0.268 e. The van der Waals surface area contributed by atoms with Crippen molar-refractivity contribution >= 4 is 17.3 Å². The molecule has 1 aromatic carbocycles. The Balaban J connectivity index is 2.42. The largest absolute Gasteiger partial charge is 0.478 e. The Bertz CT molecular complexity index is 431. The SMILES string of the molecule is CCCN1C(=O)C(CC)Oc2cc(N)ccc21. The van der Waals surface area contributed by atoms with Crippen LogP contribution in [-0.4, -0.2) is 18.6 Å². The second-order valence-electron chi connectivity index (χ2n) is 4.23. The number of amides is 1. The van der Waals surface area contributed by atoms with Crippen LogP contribution in [0.25, 0.3) is 0 Å². The lowest BCUT2D eigenvalue weighted by atomic mass is 10.1. The van der Waals surface area contributed by atoms with E-state index in [0.717, 1.165) is 18.7 Å². The van der Waals surface area contributed by atoms with Gasteiger partial charge in [0.15, 0.2) is 6.10 Å². The second-order valence-corrected chi connectivity index (χ2v) is 4.23. The van der Waals surface area contributed by atoms with E-state index in [2.05, 4.69) is 6.92 Å². The van der Waals surface area contributed by atoms with Crippen LogP contribution >= 0.6 is 0 Å². The van der Waals surface area contributed by atoms with Crippen LogP contribution in [-0.2, 0) is 4.79 Å². The Morgan fingerprint density at radius 3 is 2.82 bits per heavy atom. The van der Waals surface area contributed by atoms with Gasteiger partial charge in [0.2, 0.25) is 0 Å². The smallest absolute Gasteiger partial charge is 0.268 e. The molecule has 2 rings (SSSR count). The third-order valence-electron chi connectivity index (χ3n) is 2.90. The molecule has 4 heteroatoms. The van der Waals surface area contributed by atoms with Crippen LogP contribution in [0.4, 0.5) is 11.4 Å². The molecule has 92 valence electrons. The molecule has 1 aliphatic rings. The molecule has 0 spiro atoms. The van der Waals surface area contributed by atoms with E-state index in [1.54, 1.807) is 17.0 Å². The van der Waals surface area contributed by atoms with Crippen LogP contribution in [0.15, 0.2) is 18.2 Å². The summed E-state index contributed by atoms with van der Waals surface area (Å²) in [5, 5.41) is 0. The molecule has 1 aliphatic heterocycles. The Hall–Kier alpha value is -1.71. The Kier molecular flexibility index (Phi) is 3.22. The molecule has 0 radical (unpaired) electrons. The summed E-state index contributed by atoms with van der Waals surface area (Å²) in [4.78, 5) is 14.0. The van der Waals surface area contributed by atoms with Gasteiger partial charge >= 0.3 is 0 Å². The van der Waals surface area contributed by atoms with Gasteiger partial charge in [-0.2, -0.15) is 0 Å². The van der Waals surface area contributed by atoms with Crippen LogP contribution in [0.3, 0.4) is 0 Å². The minimum Gasteiger partial charge on any atom is -0.478 e. The van der Waals surface area contributed by atoms with E-state index < -0.39 is 0 Å². The molecular weight excluding hydrogens is 216 g/mol. The number of nitrogens with two attached hydrogens (primary N) is 1. The highest BCUT2D eigenvalue weighted by molar-refractivity contribution is 6.00. The van der Waals surface area contributed by atoms with E-state index in [4.69, 9.17) is 10.5 Å². The van der Waals surface area contributed by atoms with Gasteiger partial charge in [0.1, 0.15) is 5.75 Å². The number of hydrogen-bond acceptors (Lipinski definition) is 3. The molecule has 1 aromatic rings. The highest BCUT2D eigenvalue weighted by Crippen LogP contribution is 2.36. The molecule has 0 saturated heterocycles. The van der Waals surface area contributed by atoms with Crippen molar-refractivity contribution < 1.29 is 9.53 Å². The first kappa shape index (κ1) is 11.8. The lowest BCUT2D eigenvalue weighted by Crippen LogP contribution is -2.45. The van der Waals surface area contributed by atoms with E-state index in [9.17, 15) is 4.79 Å². The van der Waals surface area contributed by atoms with Crippen LogP contribution < -0.4 is 15.4 Å². The Morgan fingerprint density at radius 2 is 2.18 bits per heavy atom. The van der Waals surface area contributed by atoms with Crippen molar-refractivity contribution in [2.45, 2.75) is 32.8 Å². The summed E-state index contributed by atoms with van der Waals surface area (Å²) in [5.74, 6) is 0.761. The number of benzene rings is 1. The number of anilines is 2. The Labute approximate surface area is 101 Å². The van der Waals surface area contributed by atoms with E-state index >= 15 is 0 Å². The topological polar surface area (TPSA) is 55.6 Å². The van der Waals surface area contributed by atoms with Gasteiger partial charge in [-0.1, -0.05) is 13.8 Å². The zero-order valence-corrected chi connectivity index (χ0v) is 10.3. The summed E-state index contributed by atoms with van der Waals surface area (Å²) >= 11 is 0. The number of nitrogen functional groups attached to an aromatic ring is 1. The van der Waals surface area contributed by atoms with Gasteiger partial charge in [-0.25, -0.2) is 0 Å². The lowest BCUT2D eigenvalue weighted by Gasteiger charge is -2.34. The molecule has 2 N–H and O–H groups in total. The third-order valence-corrected chi connectivity index (χ3v) is 2.90. The molecular formula is C13H18N2O2. The van der Waals surface area contributed by atoms with Gasteiger partial charge < -0.3 is 15.4 Å². The number of carbonyl (C=O) groups excluding carboxylic acids is 1. The first-order valence-electron chi connectivity index (χ1n) is 6.05. The van der Waals surface area contributed by atoms with E-state index in [0.29, 0.717) is 17.9 Å². The minimum atomic E-state index is -0.379.